The van der Waals surface area contributed by atoms with Crippen molar-refractivity contribution in [1.82, 2.24) is 4.90 Å². The minimum atomic E-state index is -0.377. The molecule has 0 bridgehead atoms. The lowest BCUT2D eigenvalue weighted by Gasteiger charge is -2.23. The molecule has 3 nitrogen and oxygen atoms in total. The Morgan fingerprint density at radius 1 is 1.33 bits per heavy atom. The number of carbonyl (C=O) groups excluding carboxylic acids is 1. The SMILES string of the molecule is ClCCl.O=C(Cl)N1CCOCC1. The molecule has 0 aliphatic carbocycles. The Bertz CT molecular complexity index is 128. The van der Waals surface area contributed by atoms with E-state index in [2.05, 4.69) is 0 Å². The molecule has 1 aliphatic heterocycles. The molecule has 0 atom stereocenters. The van der Waals surface area contributed by atoms with Gasteiger partial charge in [0.05, 0.1) is 18.6 Å². The van der Waals surface area contributed by atoms with Gasteiger partial charge in [-0.3, -0.25) is 4.79 Å². The Hall–Kier alpha value is 0.300. The average molecular weight is 235 g/mol. The van der Waals surface area contributed by atoms with Crippen molar-refractivity contribution in [3.8, 4) is 0 Å². The molecular weight excluding hydrogens is 224 g/mol. The molecule has 0 N–H and O–H groups in total. The minimum Gasteiger partial charge on any atom is -0.378 e. The van der Waals surface area contributed by atoms with Crippen LogP contribution < -0.4 is 0 Å². The summed E-state index contributed by atoms with van der Waals surface area (Å²) >= 11 is 14.7. The van der Waals surface area contributed by atoms with Crippen molar-refractivity contribution in [2.45, 2.75) is 0 Å². The van der Waals surface area contributed by atoms with Crippen LogP contribution in [0.25, 0.3) is 0 Å². The summed E-state index contributed by atoms with van der Waals surface area (Å²) in [7, 11) is 0. The Morgan fingerprint density at radius 2 is 1.75 bits per heavy atom. The molecule has 1 aliphatic rings. The zero-order valence-electron chi connectivity index (χ0n) is 6.43. The highest BCUT2D eigenvalue weighted by Gasteiger charge is 2.13. The van der Waals surface area contributed by atoms with E-state index in [1.165, 1.54) is 0 Å². The van der Waals surface area contributed by atoms with E-state index in [9.17, 15) is 4.79 Å². The quantitative estimate of drug-likeness (QED) is 0.365. The first-order valence-corrected chi connectivity index (χ1v) is 4.81. The van der Waals surface area contributed by atoms with Gasteiger partial charge < -0.3 is 9.64 Å². The maximum atomic E-state index is 10.4. The van der Waals surface area contributed by atoms with Gasteiger partial charge >= 0.3 is 5.37 Å². The first-order valence-electron chi connectivity index (χ1n) is 3.36. The monoisotopic (exact) mass is 233 g/mol. The number of alkyl halides is 2. The van der Waals surface area contributed by atoms with Gasteiger partial charge in [-0.2, -0.15) is 0 Å². The third kappa shape index (κ3) is 5.89. The Balaban J connectivity index is 0.000000354. The van der Waals surface area contributed by atoms with Gasteiger partial charge in [0.15, 0.2) is 0 Å². The highest BCUT2D eigenvalue weighted by molar-refractivity contribution is 6.62. The van der Waals surface area contributed by atoms with Gasteiger partial charge in [0, 0.05) is 13.1 Å². The Kier molecular flexibility index (Phi) is 8.12. The molecule has 1 amide bonds. The maximum Gasteiger partial charge on any atom is 0.316 e. The number of rotatable bonds is 0. The third-order valence-electron chi connectivity index (χ3n) is 1.26. The number of amides is 1. The lowest BCUT2D eigenvalue weighted by molar-refractivity contribution is 0.0589. The van der Waals surface area contributed by atoms with Crippen molar-refractivity contribution in [3.63, 3.8) is 0 Å². The fraction of sp³-hybridized carbons (Fsp3) is 0.833. The average Bonchev–Trinajstić information content (AvgIpc) is 2.07. The van der Waals surface area contributed by atoms with Crippen LogP contribution in [0.1, 0.15) is 0 Å². The lowest BCUT2D eigenvalue weighted by Crippen LogP contribution is -2.37. The predicted molar refractivity (Wildman–Crippen MR) is 50.2 cm³/mol. The van der Waals surface area contributed by atoms with Crippen LogP contribution in [0.2, 0.25) is 0 Å². The second-order valence-corrected chi connectivity index (χ2v) is 3.08. The van der Waals surface area contributed by atoms with Gasteiger partial charge in [-0.1, -0.05) is 0 Å². The molecule has 0 aromatic rings. The summed E-state index contributed by atoms with van der Waals surface area (Å²) in [6.07, 6.45) is 0. The molecule has 12 heavy (non-hydrogen) atoms. The summed E-state index contributed by atoms with van der Waals surface area (Å²) in [4.78, 5) is 12.0. The van der Waals surface area contributed by atoms with Crippen molar-refractivity contribution >= 4 is 40.2 Å². The molecule has 0 unspecified atom stereocenters. The number of morpholine rings is 1. The maximum absolute atomic E-state index is 10.4. The van der Waals surface area contributed by atoms with Crippen LogP contribution in [0, 0.1) is 0 Å². The third-order valence-corrected chi connectivity index (χ3v) is 1.50. The Morgan fingerprint density at radius 3 is 2.00 bits per heavy atom. The number of halogens is 3. The smallest absolute Gasteiger partial charge is 0.316 e. The Labute approximate surface area is 86.5 Å². The van der Waals surface area contributed by atoms with Crippen LogP contribution in [-0.2, 0) is 4.74 Å². The van der Waals surface area contributed by atoms with E-state index in [0.29, 0.717) is 26.3 Å². The molecule has 0 aromatic carbocycles. The normalized spacial score (nSPS) is 16.4. The fourth-order valence-corrected chi connectivity index (χ4v) is 0.908. The van der Waals surface area contributed by atoms with E-state index in [1.807, 2.05) is 0 Å². The van der Waals surface area contributed by atoms with Gasteiger partial charge in [0.2, 0.25) is 0 Å². The van der Waals surface area contributed by atoms with Crippen molar-refractivity contribution < 1.29 is 9.53 Å². The van der Waals surface area contributed by atoms with E-state index in [4.69, 9.17) is 39.5 Å². The molecule has 0 spiro atoms. The molecular formula is C6H10Cl3NO2. The minimum absolute atomic E-state index is 0.194. The first-order chi connectivity index (χ1) is 5.72. The number of hydrogen-bond donors (Lipinski definition) is 0. The van der Waals surface area contributed by atoms with Crippen molar-refractivity contribution in [2.24, 2.45) is 0 Å². The molecule has 1 fully saturated rings. The summed E-state index contributed by atoms with van der Waals surface area (Å²) in [5.74, 6) is 0. The van der Waals surface area contributed by atoms with Crippen LogP contribution in [-0.4, -0.2) is 41.9 Å². The van der Waals surface area contributed by atoms with Crippen LogP contribution in [0.15, 0.2) is 0 Å². The summed E-state index contributed by atoms with van der Waals surface area (Å²) in [6.45, 7) is 2.47. The highest BCUT2D eigenvalue weighted by Crippen LogP contribution is 2.00. The van der Waals surface area contributed by atoms with Gasteiger partial charge in [-0.05, 0) is 11.6 Å². The van der Waals surface area contributed by atoms with Crippen LogP contribution >= 0.6 is 34.8 Å². The standard InChI is InChI=1S/C5H8ClNO2.CH2Cl2/c6-5(8)7-1-3-9-4-2-7;2-1-3/h1-4H2;1H2. The zero-order chi connectivity index (χ0) is 9.40. The topological polar surface area (TPSA) is 29.5 Å². The summed E-state index contributed by atoms with van der Waals surface area (Å²) in [5, 5.41) is -0.182. The molecule has 0 aromatic heterocycles. The molecule has 1 rings (SSSR count). The van der Waals surface area contributed by atoms with E-state index < -0.39 is 0 Å². The summed E-state index contributed by atoms with van der Waals surface area (Å²) < 4.78 is 5.00. The van der Waals surface area contributed by atoms with Crippen LogP contribution in [0.5, 0.6) is 0 Å². The van der Waals surface area contributed by atoms with E-state index in [0.717, 1.165) is 0 Å². The number of hydrogen-bond acceptors (Lipinski definition) is 2. The van der Waals surface area contributed by atoms with Gasteiger partial charge in [0.1, 0.15) is 0 Å². The number of nitrogens with zero attached hydrogens (tertiary/aromatic N) is 1. The van der Waals surface area contributed by atoms with E-state index in [-0.39, 0.29) is 10.7 Å². The van der Waals surface area contributed by atoms with Gasteiger partial charge in [0.25, 0.3) is 0 Å². The molecule has 72 valence electrons. The van der Waals surface area contributed by atoms with Crippen LogP contribution in [0.4, 0.5) is 4.79 Å². The number of ether oxygens (including phenoxy) is 1. The predicted octanol–water partition coefficient (Wildman–Crippen LogP) is 2.10. The molecule has 0 saturated carbocycles. The van der Waals surface area contributed by atoms with Crippen molar-refractivity contribution in [2.75, 3.05) is 31.6 Å². The molecule has 1 heterocycles. The van der Waals surface area contributed by atoms with Crippen molar-refractivity contribution in [1.29, 1.82) is 0 Å². The zero-order valence-corrected chi connectivity index (χ0v) is 8.70. The van der Waals surface area contributed by atoms with Gasteiger partial charge in [-0.15, -0.1) is 23.2 Å². The largest absolute Gasteiger partial charge is 0.378 e. The van der Waals surface area contributed by atoms with Crippen molar-refractivity contribution in [3.05, 3.63) is 0 Å². The molecule has 6 heteroatoms. The summed E-state index contributed by atoms with van der Waals surface area (Å²) in [5.41, 5.74) is 0. The summed E-state index contributed by atoms with van der Waals surface area (Å²) in [6, 6.07) is 0. The van der Waals surface area contributed by atoms with E-state index in [1.54, 1.807) is 4.90 Å². The highest BCUT2D eigenvalue weighted by atomic mass is 35.5. The molecule has 1 saturated heterocycles. The lowest BCUT2D eigenvalue weighted by atomic mass is 10.5. The molecule has 0 radical (unpaired) electrons. The first kappa shape index (κ1) is 12.3. The fourth-order valence-electron chi connectivity index (χ4n) is 0.739. The van der Waals surface area contributed by atoms with E-state index >= 15 is 0 Å². The second kappa shape index (κ2) is 7.92. The number of carbonyl (C=O) groups is 1. The van der Waals surface area contributed by atoms with Gasteiger partial charge in [-0.25, -0.2) is 0 Å². The second-order valence-electron chi connectivity index (χ2n) is 1.95. The van der Waals surface area contributed by atoms with Crippen LogP contribution in [0.3, 0.4) is 0 Å².